The molecule has 3 heteroatoms. The summed E-state index contributed by atoms with van der Waals surface area (Å²) in [5, 5.41) is 9.09. The molecule has 2 aliphatic rings. The summed E-state index contributed by atoms with van der Waals surface area (Å²) < 4.78 is 1.12. The van der Waals surface area contributed by atoms with Gasteiger partial charge in [0, 0.05) is 17.1 Å². The number of piperidine rings is 1. The molecule has 1 heterocycles. The maximum atomic E-state index is 9.09. The predicted octanol–water partition coefficient (Wildman–Crippen LogP) is 2.93. The highest BCUT2D eigenvalue weighted by Gasteiger charge is 2.38. The summed E-state index contributed by atoms with van der Waals surface area (Å²) in [4.78, 5) is 2.53. The van der Waals surface area contributed by atoms with Crippen molar-refractivity contribution in [3.05, 3.63) is 28.2 Å². The average molecular weight is 282 g/mol. The van der Waals surface area contributed by atoms with Crippen LogP contribution in [0, 0.1) is 5.92 Å². The van der Waals surface area contributed by atoms with Gasteiger partial charge >= 0.3 is 0 Å². The minimum absolute atomic E-state index is 0.116. The van der Waals surface area contributed by atoms with Gasteiger partial charge in [0.25, 0.3) is 0 Å². The van der Waals surface area contributed by atoms with Gasteiger partial charge in [-0.2, -0.15) is 0 Å². The summed E-state index contributed by atoms with van der Waals surface area (Å²) in [5.41, 5.74) is 2.27. The molecule has 1 aliphatic carbocycles. The predicted molar refractivity (Wildman–Crippen MR) is 68.5 cm³/mol. The SMILES string of the molecule is OCc1ccc(N2CC3CCC2C3)c(Br)c1. The maximum Gasteiger partial charge on any atom is 0.0682 e. The van der Waals surface area contributed by atoms with Crippen LogP contribution in [0.2, 0.25) is 0 Å². The lowest BCUT2D eigenvalue weighted by Crippen LogP contribution is -2.32. The van der Waals surface area contributed by atoms with E-state index in [-0.39, 0.29) is 6.61 Å². The lowest BCUT2D eigenvalue weighted by atomic mass is 10.1. The lowest BCUT2D eigenvalue weighted by molar-refractivity contribution is 0.282. The summed E-state index contributed by atoms with van der Waals surface area (Å²) in [7, 11) is 0. The minimum atomic E-state index is 0.116. The van der Waals surface area contributed by atoms with Crippen molar-refractivity contribution in [2.75, 3.05) is 11.4 Å². The number of aliphatic hydroxyl groups excluding tert-OH is 1. The molecule has 16 heavy (non-hydrogen) atoms. The molecule has 86 valence electrons. The van der Waals surface area contributed by atoms with Crippen molar-refractivity contribution < 1.29 is 5.11 Å². The zero-order chi connectivity index (χ0) is 11.1. The summed E-state index contributed by atoms with van der Waals surface area (Å²) in [6.45, 7) is 1.33. The Morgan fingerprint density at radius 1 is 1.38 bits per heavy atom. The van der Waals surface area contributed by atoms with Gasteiger partial charge in [0.05, 0.1) is 12.3 Å². The van der Waals surface area contributed by atoms with E-state index in [2.05, 4.69) is 26.9 Å². The number of benzene rings is 1. The molecule has 1 saturated heterocycles. The molecule has 0 spiro atoms. The molecule has 0 amide bonds. The summed E-state index contributed by atoms with van der Waals surface area (Å²) in [5.74, 6) is 0.911. The number of halogens is 1. The number of hydrogen-bond acceptors (Lipinski definition) is 2. The molecule has 3 rings (SSSR count). The fraction of sp³-hybridized carbons (Fsp3) is 0.538. The summed E-state index contributed by atoms with van der Waals surface area (Å²) in [6, 6.07) is 6.94. The molecule has 1 aromatic carbocycles. The number of fused-ring (bicyclic) bond motifs is 2. The van der Waals surface area contributed by atoms with Crippen LogP contribution < -0.4 is 4.90 Å². The Kier molecular flexibility index (Phi) is 2.68. The number of nitrogens with zero attached hydrogens (tertiary/aromatic N) is 1. The first kappa shape index (κ1) is 10.6. The summed E-state index contributed by atoms with van der Waals surface area (Å²) >= 11 is 3.62. The molecule has 2 bridgehead atoms. The largest absolute Gasteiger partial charge is 0.392 e. The van der Waals surface area contributed by atoms with E-state index in [0.29, 0.717) is 0 Å². The molecular formula is C13H16BrNO. The van der Waals surface area contributed by atoms with Crippen LogP contribution in [0.15, 0.2) is 22.7 Å². The second-order valence-electron chi connectivity index (χ2n) is 4.93. The number of aliphatic hydroxyl groups is 1. The molecule has 2 atom stereocenters. The van der Waals surface area contributed by atoms with Crippen LogP contribution >= 0.6 is 15.9 Å². The molecule has 2 unspecified atom stereocenters. The second kappa shape index (κ2) is 4.04. The summed E-state index contributed by atoms with van der Waals surface area (Å²) in [6.07, 6.45) is 4.13. The van der Waals surface area contributed by atoms with E-state index in [1.807, 2.05) is 12.1 Å². The minimum Gasteiger partial charge on any atom is -0.392 e. The molecule has 1 aromatic rings. The first-order chi connectivity index (χ1) is 7.78. The second-order valence-corrected chi connectivity index (χ2v) is 5.78. The number of anilines is 1. The molecule has 2 nitrogen and oxygen atoms in total. The lowest BCUT2D eigenvalue weighted by Gasteiger charge is -2.30. The Morgan fingerprint density at radius 2 is 2.25 bits per heavy atom. The highest BCUT2D eigenvalue weighted by Crippen LogP contribution is 2.42. The van der Waals surface area contributed by atoms with E-state index in [1.54, 1.807) is 0 Å². The highest BCUT2D eigenvalue weighted by atomic mass is 79.9. The third kappa shape index (κ3) is 1.66. The van der Waals surface area contributed by atoms with E-state index >= 15 is 0 Å². The van der Waals surface area contributed by atoms with Crippen LogP contribution in [0.5, 0.6) is 0 Å². The Labute approximate surface area is 104 Å². The van der Waals surface area contributed by atoms with Crippen LogP contribution in [0.3, 0.4) is 0 Å². The fourth-order valence-corrected chi connectivity index (χ4v) is 3.76. The topological polar surface area (TPSA) is 23.5 Å². The standard InChI is InChI=1S/C13H16BrNO/c14-12-6-10(8-16)2-4-13(12)15-7-9-1-3-11(15)5-9/h2,4,6,9,11,16H,1,3,5,7-8H2. The maximum absolute atomic E-state index is 9.09. The first-order valence-electron chi connectivity index (χ1n) is 5.94. The van der Waals surface area contributed by atoms with E-state index in [1.165, 1.54) is 31.5 Å². The van der Waals surface area contributed by atoms with Gasteiger partial charge in [-0.25, -0.2) is 0 Å². The van der Waals surface area contributed by atoms with Crippen molar-refractivity contribution >= 4 is 21.6 Å². The Balaban J connectivity index is 1.89. The van der Waals surface area contributed by atoms with E-state index in [0.717, 1.165) is 22.0 Å². The zero-order valence-electron chi connectivity index (χ0n) is 9.19. The smallest absolute Gasteiger partial charge is 0.0682 e. The zero-order valence-corrected chi connectivity index (χ0v) is 10.8. The number of rotatable bonds is 2. The third-order valence-electron chi connectivity index (χ3n) is 3.91. The molecular weight excluding hydrogens is 266 g/mol. The molecule has 1 aliphatic heterocycles. The van der Waals surface area contributed by atoms with E-state index in [9.17, 15) is 0 Å². The van der Waals surface area contributed by atoms with Gasteiger partial charge in [-0.05, 0) is 58.8 Å². The van der Waals surface area contributed by atoms with Crippen LogP contribution in [-0.2, 0) is 6.61 Å². The van der Waals surface area contributed by atoms with Crippen molar-refractivity contribution in [2.24, 2.45) is 5.92 Å². The van der Waals surface area contributed by atoms with E-state index < -0.39 is 0 Å². The van der Waals surface area contributed by atoms with Gasteiger partial charge < -0.3 is 10.0 Å². The highest BCUT2D eigenvalue weighted by molar-refractivity contribution is 9.10. The fourth-order valence-electron chi connectivity index (χ4n) is 3.10. The third-order valence-corrected chi connectivity index (χ3v) is 4.55. The molecule has 1 saturated carbocycles. The first-order valence-corrected chi connectivity index (χ1v) is 6.73. The van der Waals surface area contributed by atoms with Crippen molar-refractivity contribution in [2.45, 2.75) is 31.9 Å². The van der Waals surface area contributed by atoms with Crippen molar-refractivity contribution in [3.63, 3.8) is 0 Å². The average Bonchev–Trinajstić information content (AvgIpc) is 2.90. The Morgan fingerprint density at radius 3 is 2.81 bits per heavy atom. The van der Waals surface area contributed by atoms with Gasteiger partial charge in [0.1, 0.15) is 0 Å². The van der Waals surface area contributed by atoms with E-state index in [4.69, 9.17) is 5.11 Å². The van der Waals surface area contributed by atoms with Gasteiger partial charge in [0.2, 0.25) is 0 Å². The van der Waals surface area contributed by atoms with Crippen LogP contribution in [0.25, 0.3) is 0 Å². The molecule has 2 fully saturated rings. The molecule has 0 aromatic heterocycles. The normalized spacial score (nSPS) is 27.8. The van der Waals surface area contributed by atoms with Crippen LogP contribution in [0.1, 0.15) is 24.8 Å². The van der Waals surface area contributed by atoms with Crippen molar-refractivity contribution in [1.29, 1.82) is 0 Å². The monoisotopic (exact) mass is 281 g/mol. The Bertz CT molecular complexity index is 407. The molecule has 1 N–H and O–H groups in total. The van der Waals surface area contributed by atoms with Crippen LogP contribution in [0.4, 0.5) is 5.69 Å². The Hall–Kier alpha value is -0.540. The van der Waals surface area contributed by atoms with Crippen molar-refractivity contribution in [1.82, 2.24) is 0 Å². The number of hydrogen-bond donors (Lipinski definition) is 1. The molecule has 0 radical (unpaired) electrons. The van der Waals surface area contributed by atoms with Gasteiger partial charge in [-0.15, -0.1) is 0 Å². The van der Waals surface area contributed by atoms with Gasteiger partial charge in [-0.3, -0.25) is 0 Å². The van der Waals surface area contributed by atoms with Crippen molar-refractivity contribution in [3.8, 4) is 0 Å². The van der Waals surface area contributed by atoms with Crippen LogP contribution in [-0.4, -0.2) is 17.7 Å². The quantitative estimate of drug-likeness (QED) is 0.901. The van der Waals surface area contributed by atoms with Gasteiger partial charge in [-0.1, -0.05) is 6.07 Å². The van der Waals surface area contributed by atoms with Gasteiger partial charge in [0.15, 0.2) is 0 Å².